The fourth-order valence-electron chi connectivity index (χ4n) is 7.84. The number of anilines is 3. The van der Waals surface area contributed by atoms with Crippen LogP contribution >= 0.6 is 11.3 Å². The highest BCUT2D eigenvalue weighted by atomic mass is 32.1. The minimum Gasteiger partial charge on any atom is -0.455 e. The molecule has 0 radical (unpaired) electrons. The van der Waals surface area contributed by atoms with Crippen molar-refractivity contribution in [2.45, 2.75) is 0 Å². The third-order valence-electron chi connectivity index (χ3n) is 10.6. The summed E-state index contributed by atoms with van der Waals surface area (Å²) in [4.78, 5) is 17.0. The molecule has 0 atom stereocenters. The molecule has 8 aromatic carbocycles. The van der Waals surface area contributed by atoms with Gasteiger partial charge in [0.2, 0.25) is 0 Å². The largest absolute Gasteiger partial charge is 0.455 e. The summed E-state index contributed by atoms with van der Waals surface area (Å²) in [6.45, 7) is 0. The Labute approximate surface area is 337 Å². The van der Waals surface area contributed by atoms with Crippen molar-refractivity contribution in [2.75, 3.05) is 4.90 Å². The number of thiophene rings is 1. The van der Waals surface area contributed by atoms with Crippen LogP contribution in [0.5, 0.6) is 0 Å². The monoisotopic (exact) mass is 766 g/mol. The third kappa shape index (κ3) is 5.88. The lowest BCUT2D eigenvalue weighted by Gasteiger charge is -2.26. The Kier molecular flexibility index (Phi) is 8.12. The second-order valence-electron chi connectivity index (χ2n) is 14.1. The first-order chi connectivity index (χ1) is 28.6. The molecule has 58 heavy (non-hydrogen) atoms. The van der Waals surface area contributed by atoms with Crippen LogP contribution in [0.3, 0.4) is 0 Å². The zero-order chi connectivity index (χ0) is 38.6. The van der Waals surface area contributed by atoms with Gasteiger partial charge in [-0.15, -0.1) is 11.3 Å². The van der Waals surface area contributed by atoms with E-state index in [1.807, 2.05) is 59.9 Å². The Morgan fingerprint density at radius 2 is 1.07 bits per heavy atom. The number of hydrogen-bond donors (Lipinski definition) is 0. The van der Waals surface area contributed by atoms with Gasteiger partial charge in [0.15, 0.2) is 17.5 Å². The number of rotatable bonds is 7. The van der Waals surface area contributed by atoms with E-state index in [0.717, 1.165) is 50.1 Å². The number of nitrogens with zero attached hydrogens (tertiary/aromatic N) is 4. The molecular weight excluding hydrogens is 736 g/mol. The number of para-hydroxylation sites is 1. The lowest BCUT2D eigenvalue weighted by Crippen LogP contribution is -2.10. The van der Waals surface area contributed by atoms with Crippen molar-refractivity contribution in [1.29, 1.82) is 0 Å². The quantitative estimate of drug-likeness (QED) is 0.162. The summed E-state index contributed by atoms with van der Waals surface area (Å²) in [5, 5.41) is 4.39. The van der Waals surface area contributed by atoms with Gasteiger partial charge in [0, 0.05) is 54.8 Å². The molecule has 3 heterocycles. The highest BCUT2D eigenvalue weighted by Crippen LogP contribution is 2.46. The number of halogens is 1. The van der Waals surface area contributed by atoms with Crippen molar-refractivity contribution in [3.8, 4) is 45.3 Å². The van der Waals surface area contributed by atoms with Crippen molar-refractivity contribution >= 4 is 70.5 Å². The molecule has 0 unspecified atom stereocenters. The number of aromatic nitrogens is 3. The molecule has 0 N–H and O–H groups in total. The Bertz CT molecular complexity index is 3310. The Morgan fingerprint density at radius 3 is 1.88 bits per heavy atom. The van der Waals surface area contributed by atoms with Crippen LogP contribution in [0.1, 0.15) is 0 Å². The second kappa shape index (κ2) is 13.9. The molecule has 0 aliphatic rings. The molecule has 274 valence electrons. The maximum Gasteiger partial charge on any atom is 0.167 e. The zero-order valence-electron chi connectivity index (χ0n) is 30.9. The van der Waals surface area contributed by atoms with E-state index in [-0.39, 0.29) is 5.82 Å². The van der Waals surface area contributed by atoms with Crippen LogP contribution in [0.4, 0.5) is 21.5 Å². The van der Waals surface area contributed by atoms with Gasteiger partial charge in [0.05, 0.1) is 16.0 Å². The van der Waals surface area contributed by atoms with Crippen LogP contribution in [0.25, 0.3) is 87.4 Å². The predicted molar refractivity (Wildman–Crippen MR) is 236 cm³/mol. The summed E-state index contributed by atoms with van der Waals surface area (Å²) in [7, 11) is 0. The summed E-state index contributed by atoms with van der Waals surface area (Å²) in [5.74, 6) is 0.947. The maximum atomic E-state index is 14.5. The van der Waals surface area contributed by atoms with Gasteiger partial charge in [-0.1, -0.05) is 127 Å². The number of fused-ring (bicyclic) bond motifs is 6. The van der Waals surface area contributed by atoms with Crippen molar-refractivity contribution in [3.05, 3.63) is 194 Å². The van der Waals surface area contributed by atoms with Crippen molar-refractivity contribution < 1.29 is 8.81 Å². The molecule has 11 rings (SSSR count). The summed E-state index contributed by atoms with van der Waals surface area (Å²) in [6.07, 6.45) is 0. The fourth-order valence-corrected chi connectivity index (χ4v) is 9.05. The van der Waals surface area contributed by atoms with Crippen LogP contribution in [-0.2, 0) is 0 Å². The summed E-state index contributed by atoms with van der Waals surface area (Å²) in [6, 6.07) is 62.9. The van der Waals surface area contributed by atoms with Gasteiger partial charge < -0.3 is 9.32 Å². The third-order valence-corrected chi connectivity index (χ3v) is 11.8. The fraction of sp³-hybridized carbons (Fsp3) is 0. The minimum atomic E-state index is -0.360. The average molecular weight is 767 g/mol. The van der Waals surface area contributed by atoms with Gasteiger partial charge in [-0.2, -0.15) is 0 Å². The van der Waals surface area contributed by atoms with Crippen LogP contribution < -0.4 is 4.90 Å². The maximum absolute atomic E-state index is 14.5. The molecule has 0 bridgehead atoms. The SMILES string of the molecule is Fc1cccc(-c2nc(-c3ccccc3)nc(-c3cccc4c3oc3cc(N(c5ccc(-c6ccccc6)cc5)c5cccc6c5sc5ccccc56)ccc34)n2)c1. The van der Waals surface area contributed by atoms with Gasteiger partial charge in [-0.3, -0.25) is 0 Å². The van der Waals surface area contributed by atoms with E-state index in [4.69, 9.17) is 19.4 Å². The standard InChI is InChI=1S/C51H31FN4OS/c52-36-17-9-16-35(30-36)50-53-49(34-14-5-2-6-15-34)54-51(55-50)43-21-10-19-41-39-29-28-38(31-45(39)57-47(41)43)56(37-26-24-33(25-27-37)32-12-3-1-4-13-32)44-22-11-20-42-40-18-7-8-23-46(40)58-48(42)44/h1-31H. The van der Waals surface area contributed by atoms with Crippen molar-refractivity contribution in [3.63, 3.8) is 0 Å². The lowest BCUT2D eigenvalue weighted by atomic mass is 10.0. The van der Waals surface area contributed by atoms with Crippen molar-refractivity contribution in [2.24, 2.45) is 0 Å². The van der Waals surface area contributed by atoms with E-state index in [9.17, 15) is 4.39 Å². The van der Waals surface area contributed by atoms with E-state index in [2.05, 4.69) is 120 Å². The Hall–Kier alpha value is -7.48. The Balaban J connectivity index is 1.09. The zero-order valence-corrected chi connectivity index (χ0v) is 31.7. The molecule has 0 fully saturated rings. The van der Waals surface area contributed by atoms with E-state index < -0.39 is 0 Å². The Morgan fingerprint density at radius 1 is 0.448 bits per heavy atom. The van der Waals surface area contributed by atoms with Gasteiger partial charge in [-0.25, -0.2) is 19.3 Å². The highest BCUT2D eigenvalue weighted by Gasteiger charge is 2.22. The van der Waals surface area contributed by atoms with Crippen molar-refractivity contribution in [1.82, 2.24) is 15.0 Å². The molecule has 0 aliphatic carbocycles. The molecule has 11 aromatic rings. The van der Waals surface area contributed by atoms with Crippen LogP contribution in [0.15, 0.2) is 192 Å². The molecular formula is C51H31FN4OS. The summed E-state index contributed by atoms with van der Waals surface area (Å²) < 4.78 is 23.8. The topological polar surface area (TPSA) is 55.1 Å². The van der Waals surface area contributed by atoms with E-state index in [1.165, 1.54) is 37.9 Å². The first kappa shape index (κ1) is 33.8. The minimum absolute atomic E-state index is 0.360. The van der Waals surface area contributed by atoms with Crippen LogP contribution in [0.2, 0.25) is 0 Å². The van der Waals surface area contributed by atoms with E-state index in [1.54, 1.807) is 12.1 Å². The van der Waals surface area contributed by atoms with E-state index >= 15 is 0 Å². The molecule has 7 heteroatoms. The first-order valence-corrected chi connectivity index (χ1v) is 19.9. The smallest absolute Gasteiger partial charge is 0.167 e. The first-order valence-electron chi connectivity index (χ1n) is 19.0. The molecule has 3 aromatic heterocycles. The normalized spacial score (nSPS) is 11.5. The lowest BCUT2D eigenvalue weighted by molar-refractivity contribution is 0.628. The number of benzene rings is 8. The van der Waals surface area contributed by atoms with E-state index in [0.29, 0.717) is 28.6 Å². The van der Waals surface area contributed by atoms with Crippen LogP contribution in [0, 0.1) is 5.82 Å². The molecule has 0 saturated carbocycles. The van der Waals surface area contributed by atoms with Gasteiger partial charge in [0.1, 0.15) is 17.0 Å². The predicted octanol–water partition coefficient (Wildman–Crippen LogP) is 14.4. The summed E-state index contributed by atoms with van der Waals surface area (Å²) in [5.41, 5.74) is 8.91. The van der Waals surface area contributed by atoms with Gasteiger partial charge in [-0.05, 0) is 65.7 Å². The average Bonchev–Trinajstić information content (AvgIpc) is 3.86. The number of hydrogen-bond acceptors (Lipinski definition) is 6. The number of furan rings is 1. The molecule has 0 spiro atoms. The van der Waals surface area contributed by atoms with Gasteiger partial charge >= 0.3 is 0 Å². The molecule has 5 nitrogen and oxygen atoms in total. The summed E-state index contributed by atoms with van der Waals surface area (Å²) >= 11 is 1.81. The molecule has 0 amide bonds. The highest BCUT2D eigenvalue weighted by molar-refractivity contribution is 7.26. The van der Waals surface area contributed by atoms with Crippen LogP contribution in [-0.4, -0.2) is 15.0 Å². The molecule has 0 aliphatic heterocycles. The second-order valence-corrected chi connectivity index (χ2v) is 15.2. The molecule has 0 saturated heterocycles. The van der Waals surface area contributed by atoms with Gasteiger partial charge in [0.25, 0.3) is 0 Å².